The average molecular weight is 443 g/mol. The number of alkyl halides is 1. The summed E-state index contributed by atoms with van der Waals surface area (Å²) >= 11 is 6.54. The lowest BCUT2D eigenvalue weighted by atomic mass is 9.80. The molecule has 4 aromatic carbocycles. The molecule has 0 aliphatic rings. The number of rotatable bonds is 7. The van der Waals surface area contributed by atoms with Crippen LogP contribution in [0.1, 0.15) is 22.3 Å². The van der Waals surface area contributed by atoms with E-state index in [1.807, 2.05) is 91.0 Å². The van der Waals surface area contributed by atoms with Gasteiger partial charge in [0.15, 0.2) is 5.60 Å². The Bertz CT molecular complexity index is 1050. The number of aromatic hydroxyl groups is 1. The molecule has 4 heteroatoms. The summed E-state index contributed by atoms with van der Waals surface area (Å²) in [6.45, 7) is 0. The second-order valence-electron chi connectivity index (χ2n) is 7.54. The molecule has 1 N–H and O–H groups in total. The van der Waals surface area contributed by atoms with Gasteiger partial charge in [-0.1, -0.05) is 103 Å². The molecule has 0 aromatic heterocycles. The minimum absolute atomic E-state index is 0.165. The number of carbonyl (C=O) groups excluding carboxylic acids is 1. The van der Waals surface area contributed by atoms with Gasteiger partial charge in [-0.3, -0.25) is 4.79 Å². The number of hydrogen-bond donors (Lipinski definition) is 1. The van der Waals surface area contributed by atoms with Gasteiger partial charge in [-0.15, -0.1) is 11.6 Å². The second-order valence-corrected chi connectivity index (χ2v) is 8.07. The van der Waals surface area contributed by atoms with Gasteiger partial charge >= 0.3 is 5.97 Å². The molecule has 0 saturated carbocycles. The second kappa shape index (κ2) is 9.71. The molecule has 0 fully saturated rings. The molecular weight excluding hydrogens is 420 g/mol. The zero-order chi connectivity index (χ0) is 22.4. The molecule has 0 radical (unpaired) electrons. The van der Waals surface area contributed by atoms with E-state index in [9.17, 15) is 9.90 Å². The van der Waals surface area contributed by atoms with E-state index in [4.69, 9.17) is 16.3 Å². The first-order valence-electron chi connectivity index (χ1n) is 10.4. The predicted molar refractivity (Wildman–Crippen MR) is 127 cm³/mol. The summed E-state index contributed by atoms with van der Waals surface area (Å²) in [5.41, 5.74) is 2.19. The first-order valence-corrected chi connectivity index (χ1v) is 10.8. The number of esters is 1. The van der Waals surface area contributed by atoms with Crippen LogP contribution in [0.15, 0.2) is 115 Å². The molecule has 32 heavy (non-hydrogen) atoms. The largest absolute Gasteiger partial charge is 0.508 e. The smallest absolute Gasteiger partial charge is 0.325 e. The molecule has 4 aromatic rings. The Morgan fingerprint density at radius 1 is 0.719 bits per heavy atom. The molecule has 0 heterocycles. The van der Waals surface area contributed by atoms with Crippen molar-refractivity contribution in [3.63, 3.8) is 0 Å². The van der Waals surface area contributed by atoms with Crippen LogP contribution in [0.3, 0.4) is 0 Å². The van der Waals surface area contributed by atoms with E-state index in [0.717, 1.165) is 22.3 Å². The fourth-order valence-electron chi connectivity index (χ4n) is 3.83. The number of phenols is 1. The molecular formula is C28H23ClO3. The maximum Gasteiger partial charge on any atom is 0.325 e. The molecule has 0 spiro atoms. The third kappa shape index (κ3) is 4.53. The number of benzene rings is 4. The van der Waals surface area contributed by atoms with Gasteiger partial charge in [-0.2, -0.15) is 0 Å². The van der Waals surface area contributed by atoms with E-state index in [0.29, 0.717) is 0 Å². The lowest BCUT2D eigenvalue weighted by molar-refractivity contribution is -0.153. The van der Waals surface area contributed by atoms with Gasteiger partial charge in [0.25, 0.3) is 0 Å². The van der Waals surface area contributed by atoms with Crippen LogP contribution < -0.4 is 0 Å². The van der Waals surface area contributed by atoms with Crippen LogP contribution in [0.2, 0.25) is 0 Å². The first kappa shape index (κ1) is 21.7. The number of halogens is 1. The summed E-state index contributed by atoms with van der Waals surface area (Å²) < 4.78 is 6.33. The van der Waals surface area contributed by atoms with Gasteiger partial charge in [0.2, 0.25) is 0 Å². The maximum atomic E-state index is 13.3. The van der Waals surface area contributed by atoms with Crippen molar-refractivity contribution in [2.45, 2.75) is 17.4 Å². The standard InChI is InChI=1S/C28H23ClO3/c29-26(20-21-16-18-25(30)19-17-21)27(31)32-28(22-10-4-1-5-11-22,23-12-6-2-7-13-23)24-14-8-3-9-15-24/h1-19,26,30H,20H2. The van der Waals surface area contributed by atoms with Crippen LogP contribution >= 0.6 is 11.6 Å². The fourth-order valence-corrected chi connectivity index (χ4v) is 4.06. The third-order valence-corrected chi connectivity index (χ3v) is 5.73. The van der Waals surface area contributed by atoms with Crippen LogP contribution in [-0.2, 0) is 21.6 Å². The van der Waals surface area contributed by atoms with Gasteiger partial charge in [0.1, 0.15) is 11.1 Å². The predicted octanol–water partition coefficient (Wildman–Crippen LogP) is 6.08. The van der Waals surface area contributed by atoms with Crippen molar-refractivity contribution in [3.05, 3.63) is 138 Å². The van der Waals surface area contributed by atoms with Crippen molar-refractivity contribution in [3.8, 4) is 5.75 Å². The molecule has 3 nitrogen and oxygen atoms in total. The Kier molecular flexibility index (Phi) is 6.58. The molecule has 0 aliphatic heterocycles. The van der Waals surface area contributed by atoms with Crippen LogP contribution in [0.4, 0.5) is 0 Å². The molecule has 0 amide bonds. The third-order valence-electron chi connectivity index (χ3n) is 5.40. The van der Waals surface area contributed by atoms with E-state index in [-0.39, 0.29) is 12.2 Å². The summed E-state index contributed by atoms with van der Waals surface area (Å²) in [7, 11) is 0. The topological polar surface area (TPSA) is 46.5 Å². The van der Waals surface area contributed by atoms with Crippen LogP contribution in [0, 0.1) is 0 Å². The molecule has 1 unspecified atom stereocenters. The lowest BCUT2D eigenvalue weighted by Gasteiger charge is -2.36. The van der Waals surface area contributed by atoms with E-state index in [2.05, 4.69) is 0 Å². The number of hydrogen-bond acceptors (Lipinski definition) is 3. The highest BCUT2D eigenvalue weighted by molar-refractivity contribution is 6.30. The molecule has 4 rings (SSSR count). The minimum atomic E-state index is -1.15. The van der Waals surface area contributed by atoms with Crippen LogP contribution in [0.25, 0.3) is 0 Å². The Hall–Kier alpha value is -3.56. The minimum Gasteiger partial charge on any atom is -0.508 e. The van der Waals surface area contributed by atoms with Crippen molar-refractivity contribution in [2.75, 3.05) is 0 Å². The SMILES string of the molecule is O=C(OC(c1ccccc1)(c1ccccc1)c1ccccc1)C(Cl)Cc1ccc(O)cc1. The Morgan fingerprint density at radius 2 is 1.12 bits per heavy atom. The molecule has 0 bridgehead atoms. The Labute approximate surface area is 192 Å². The quantitative estimate of drug-likeness (QED) is 0.214. The number of ether oxygens (including phenoxy) is 1. The average Bonchev–Trinajstić information content (AvgIpc) is 2.85. The summed E-state index contributed by atoms with van der Waals surface area (Å²) in [5, 5.41) is 8.61. The van der Waals surface area contributed by atoms with E-state index in [1.54, 1.807) is 24.3 Å². The summed E-state index contributed by atoms with van der Waals surface area (Å²) in [6.07, 6.45) is 0.287. The van der Waals surface area contributed by atoms with Crippen LogP contribution in [-0.4, -0.2) is 16.5 Å². The summed E-state index contributed by atoms with van der Waals surface area (Å²) in [4.78, 5) is 13.3. The van der Waals surface area contributed by atoms with Gasteiger partial charge in [-0.05, 0) is 24.1 Å². The van der Waals surface area contributed by atoms with Crippen LogP contribution in [0.5, 0.6) is 5.75 Å². The molecule has 0 aliphatic carbocycles. The van der Waals surface area contributed by atoms with Crippen molar-refractivity contribution < 1.29 is 14.6 Å². The van der Waals surface area contributed by atoms with Gasteiger partial charge in [-0.25, -0.2) is 0 Å². The zero-order valence-electron chi connectivity index (χ0n) is 17.4. The van der Waals surface area contributed by atoms with Crippen molar-refractivity contribution in [1.29, 1.82) is 0 Å². The highest BCUT2D eigenvalue weighted by Crippen LogP contribution is 2.41. The van der Waals surface area contributed by atoms with Gasteiger partial charge in [0, 0.05) is 16.7 Å². The number of phenolic OH excluding ortho intramolecular Hbond substituents is 1. The molecule has 0 saturated heterocycles. The Morgan fingerprint density at radius 3 is 1.53 bits per heavy atom. The molecule has 160 valence electrons. The molecule has 1 atom stereocenters. The highest BCUT2D eigenvalue weighted by Gasteiger charge is 2.41. The van der Waals surface area contributed by atoms with E-state index in [1.165, 1.54) is 0 Å². The lowest BCUT2D eigenvalue weighted by Crippen LogP contribution is -2.38. The first-order chi connectivity index (χ1) is 15.6. The monoisotopic (exact) mass is 442 g/mol. The summed E-state index contributed by atoms with van der Waals surface area (Å²) in [5.74, 6) is -0.352. The normalized spacial score (nSPS) is 12.2. The zero-order valence-corrected chi connectivity index (χ0v) is 18.2. The maximum absolute atomic E-state index is 13.3. The van der Waals surface area contributed by atoms with Gasteiger partial charge < -0.3 is 9.84 Å². The Balaban J connectivity index is 1.77. The fraction of sp³-hybridized carbons (Fsp3) is 0.107. The van der Waals surface area contributed by atoms with Gasteiger partial charge in [0.05, 0.1) is 0 Å². The highest BCUT2D eigenvalue weighted by atomic mass is 35.5. The van der Waals surface area contributed by atoms with Crippen molar-refractivity contribution in [2.24, 2.45) is 0 Å². The van der Waals surface area contributed by atoms with Crippen molar-refractivity contribution >= 4 is 17.6 Å². The van der Waals surface area contributed by atoms with E-state index < -0.39 is 16.9 Å². The summed E-state index contributed by atoms with van der Waals surface area (Å²) in [6, 6.07) is 35.7. The van der Waals surface area contributed by atoms with Crippen molar-refractivity contribution in [1.82, 2.24) is 0 Å². The van der Waals surface area contributed by atoms with E-state index >= 15 is 0 Å². The number of carbonyl (C=O) groups is 1.